The Balaban J connectivity index is 1.47. The van der Waals surface area contributed by atoms with Crippen LogP contribution in [0, 0.1) is 5.92 Å². The average molecular weight is 374 g/mol. The van der Waals surface area contributed by atoms with Gasteiger partial charge < -0.3 is 9.64 Å². The molecule has 26 heavy (non-hydrogen) atoms. The minimum atomic E-state index is -0.111. The summed E-state index contributed by atoms with van der Waals surface area (Å²) in [5, 5.41) is 0.689. The van der Waals surface area contributed by atoms with Crippen LogP contribution in [0.5, 0.6) is 5.75 Å². The van der Waals surface area contributed by atoms with E-state index in [1.165, 1.54) is 0 Å². The Hall–Kier alpha value is -2.08. The highest BCUT2D eigenvalue weighted by Gasteiger charge is 2.35. The van der Waals surface area contributed by atoms with Crippen molar-refractivity contribution in [3.63, 3.8) is 0 Å². The van der Waals surface area contributed by atoms with Gasteiger partial charge in [-0.3, -0.25) is 10.2 Å². The quantitative estimate of drug-likeness (QED) is 0.732. The van der Waals surface area contributed by atoms with Gasteiger partial charge in [-0.25, -0.2) is 5.43 Å². The van der Waals surface area contributed by atoms with Gasteiger partial charge in [0.05, 0.1) is 18.6 Å². The van der Waals surface area contributed by atoms with Crippen molar-refractivity contribution < 1.29 is 9.53 Å². The lowest BCUT2D eigenvalue weighted by molar-refractivity contribution is -0.134. The van der Waals surface area contributed by atoms with E-state index in [1.807, 2.05) is 49.5 Å². The molecule has 2 atom stereocenters. The van der Waals surface area contributed by atoms with Gasteiger partial charge in [0.1, 0.15) is 5.75 Å². The number of halogens is 1. The number of carbonyl (C=O) groups excluding carboxylic acids is 1. The van der Waals surface area contributed by atoms with E-state index in [2.05, 4.69) is 10.9 Å². The predicted molar refractivity (Wildman–Crippen MR) is 103 cm³/mol. The Morgan fingerprint density at radius 1 is 1.19 bits per heavy atom. The first kappa shape index (κ1) is 18.7. The number of hydrazine groups is 1. The van der Waals surface area contributed by atoms with E-state index in [-0.39, 0.29) is 17.9 Å². The standard InChI is InChI=1S/C20H24ClN3O2/c1-24(12-5-13-26-17-10-8-16(21)9-11-17)20(25)18-14-22-23-19(18)15-6-3-2-4-7-15/h2-4,6-11,18-19,22-23H,5,12-14H2,1H3. The Morgan fingerprint density at radius 3 is 2.65 bits per heavy atom. The molecule has 3 rings (SSSR count). The molecule has 0 radical (unpaired) electrons. The topological polar surface area (TPSA) is 53.6 Å². The number of ether oxygens (including phenoxy) is 1. The van der Waals surface area contributed by atoms with Crippen LogP contribution in [0.15, 0.2) is 54.6 Å². The third-order valence-electron chi connectivity index (χ3n) is 4.55. The van der Waals surface area contributed by atoms with Crippen LogP contribution in [0.1, 0.15) is 18.0 Å². The zero-order valence-electron chi connectivity index (χ0n) is 14.8. The number of hydrogen-bond acceptors (Lipinski definition) is 4. The monoisotopic (exact) mass is 373 g/mol. The predicted octanol–water partition coefficient (Wildman–Crippen LogP) is 3.03. The Bertz CT molecular complexity index is 709. The number of carbonyl (C=O) groups is 1. The number of benzene rings is 2. The largest absolute Gasteiger partial charge is 0.494 e. The first-order chi connectivity index (χ1) is 12.6. The SMILES string of the molecule is CN(CCCOc1ccc(Cl)cc1)C(=O)C1CNNC1c1ccccc1. The maximum Gasteiger partial charge on any atom is 0.228 e. The molecular weight excluding hydrogens is 350 g/mol. The molecule has 5 nitrogen and oxygen atoms in total. The molecule has 2 unspecified atom stereocenters. The molecule has 0 aromatic heterocycles. The normalized spacial score (nSPS) is 19.3. The molecule has 1 fully saturated rings. The fraction of sp³-hybridized carbons (Fsp3) is 0.350. The van der Waals surface area contributed by atoms with Crippen molar-refractivity contribution >= 4 is 17.5 Å². The molecule has 0 bridgehead atoms. The lowest BCUT2D eigenvalue weighted by Crippen LogP contribution is -2.37. The van der Waals surface area contributed by atoms with Gasteiger partial charge in [0.2, 0.25) is 5.91 Å². The van der Waals surface area contributed by atoms with Gasteiger partial charge in [0.15, 0.2) is 0 Å². The van der Waals surface area contributed by atoms with Crippen molar-refractivity contribution in [1.29, 1.82) is 0 Å². The molecule has 2 N–H and O–H groups in total. The summed E-state index contributed by atoms with van der Waals surface area (Å²) in [4.78, 5) is 14.6. The van der Waals surface area contributed by atoms with Gasteiger partial charge in [-0.15, -0.1) is 0 Å². The number of hydrogen-bond donors (Lipinski definition) is 2. The highest BCUT2D eigenvalue weighted by Crippen LogP contribution is 2.26. The Labute approximate surface area is 159 Å². The van der Waals surface area contributed by atoms with Gasteiger partial charge >= 0.3 is 0 Å². The van der Waals surface area contributed by atoms with Crippen LogP contribution in [0.25, 0.3) is 0 Å². The molecule has 6 heteroatoms. The van der Waals surface area contributed by atoms with Gasteiger partial charge in [0, 0.05) is 25.2 Å². The number of rotatable bonds is 7. The molecule has 1 saturated heterocycles. The van der Waals surface area contributed by atoms with Crippen LogP contribution in [0.2, 0.25) is 5.02 Å². The average Bonchev–Trinajstić information content (AvgIpc) is 3.16. The summed E-state index contributed by atoms with van der Waals surface area (Å²) >= 11 is 5.86. The zero-order valence-corrected chi connectivity index (χ0v) is 15.6. The van der Waals surface area contributed by atoms with Crippen molar-refractivity contribution in [3.8, 4) is 5.75 Å². The van der Waals surface area contributed by atoms with Crippen molar-refractivity contribution in [3.05, 3.63) is 65.2 Å². The maximum atomic E-state index is 12.8. The second-order valence-corrected chi connectivity index (χ2v) is 6.87. The molecule has 2 aromatic carbocycles. The van der Waals surface area contributed by atoms with Gasteiger partial charge in [-0.1, -0.05) is 41.9 Å². The van der Waals surface area contributed by atoms with E-state index >= 15 is 0 Å². The van der Waals surface area contributed by atoms with Gasteiger partial charge in [-0.2, -0.15) is 0 Å². The summed E-state index contributed by atoms with van der Waals surface area (Å²) in [6, 6.07) is 17.4. The second-order valence-electron chi connectivity index (χ2n) is 6.44. The number of amides is 1. The van der Waals surface area contributed by atoms with Crippen LogP contribution in [-0.2, 0) is 4.79 Å². The smallest absolute Gasteiger partial charge is 0.228 e. The van der Waals surface area contributed by atoms with Crippen molar-refractivity contribution in [2.24, 2.45) is 5.92 Å². The van der Waals surface area contributed by atoms with Crippen molar-refractivity contribution in [1.82, 2.24) is 15.8 Å². The number of nitrogens with one attached hydrogen (secondary N) is 2. The van der Waals surface area contributed by atoms with Gasteiger partial charge in [-0.05, 0) is 36.2 Å². The molecule has 1 heterocycles. The first-order valence-corrected chi connectivity index (χ1v) is 9.19. The second kappa shape index (κ2) is 9.03. The minimum Gasteiger partial charge on any atom is -0.494 e. The van der Waals surface area contributed by atoms with Crippen molar-refractivity contribution in [2.45, 2.75) is 12.5 Å². The summed E-state index contributed by atoms with van der Waals surface area (Å²) in [6.07, 6.45) is 0.772. The maximum absolute atomic E-state index is 12.8. The minimum absolute atomic E-state index is 0.00327. The van der Waals surface area contributed by atoms with Crippen LogP contribution >= 0.6 is 11.6 Å². The fourth-order valence-corrected chi connectivity index (χ4v) is 3.25. The van der Waals surface area contributed by atoms with E-state index in [4.69, 9.17) is 16.3 Å². The molecule has 0 spiro atoms. The molecular formula is C20H24ClN3O2. The highest BCUT2D eigenvalue weighted by atomic mass is 35.5. The Kier molecular flexibility index (Phi) is 6.50. The fourth-order valence-electron chi connectivity index (χ4n) is 3.12. The molecule has 138 valence electrons. The lowest BCUT2D eigenvalue weighted by Gasteiger charge is -2.24. The Morgan fingerprint density at radius 2 is 1.92 bits per heavy atom. The van der Waals surface area contributed by atoms with Crippen LogP contribution in [0.4, 0.5) is 0 Å². The van der Waals surface area contributed by atoms with Gasteiger partial charge in [0.25, 0.3) is 0 Å². The molecule has 0 saturated carbocycles. The third-order valence-corrected chi connectivity index (χ3v) is 4.81. The lowest BCUT2D eigenvalue weighted by atomic mass is 9.94. The third kappa shape index (κ3) is 4.75. The van der Waals surface area contributed by atoms with Crippen LogP contribution in [-0.4, -0.2) is 37.6 Å². The molecule has 1 aliphatic rings. The van der Waals surface area contributed by atoms with E-state index in [1.54, 1.807) is 17.0 Å². The molecule has 2 aromatic rings. The van der Waals surface area contributed by atoms with Crippen molar-refractivity contribution in [2.75, 3.05) is 26.7 Å². The van der Waals surface area contributed by atoms with E-state index in [0.29, 0.717) is 24.7 Å². The summed E-state index contributed by atoms with van der Waals surface area (Å²) in [5.74, 6) is 0.819. The highest BCUT2D eigenvalue weighted by molar-refractivity contribution is 6.30. The molecule has 1 amide bonds. The van der Waals surface area contributed by atoms with Crippen LogP contribution < -0.4 is 15.6 Å². The van der Waals surface area contributed by atoms with Crippen LogP contribution in [0.3, 0.4) is 0 Å². The zero-order chi connectivity index (χ0) is 18.4. The molecule has 1 aliphatic heterocycles. The summed E-state index contributed by atoms with van der Waals surface area (Å²) in [5.41, 5.74) is 7.46. The number of nitrogens with zero attached hydrogens (tertiary/aromatic N) is 1. The van der Waals surface area contributed by atoms with E-state index < -0.39 is 0 Å². The molecule has 0 aliphatic carbocycles. The summed E-state index contributed by atoms with van der Waals surface area (Å²) in [6.45, 7) is 1.84. The van der Waals surface area contributed by atoms with E-state index in [9.17, 15) is 4.79 Å². The summed E-state index contributed by atoms with van der Waals surface area (Å²) < 4.78 is 5.69. The first-order valence-electron chi connectivity index (χ1n) is 8.82. The van der Waals surface area contributed by atoms with E-state index in [0.717, 1.165) is 17.7 Å². The summed E-state index contributed by atoms with van der Waals surface area (Å²) in [7, 11) is 1.85.